The molecule has 2 aromatic rings. The van der Waals surface area contributed by atoms with Gasteiger partial charge in [0.05, 0.1) is 38.0 Å². The lowest BCUT2D eigenvalue weighted by Gasteiger charge is -2.31. The summed E-state index contributed by atoms with van der Waals surface area (Å²) in [6.07, 6.45) is 4.04. The molecule has 0 unspecified atom stereocenters. The van der Waals surface area contributed by atoms with Crippen molar-refractivity contribution in [2.75, 3.05) is 13.7 Å². The van der Waals surface area contributed by atoms with Crippen molar-refractivity contribution in [2.45, 2.75) is 32.2 Å². The number of carbonyl (C=O) groups is 1. The number of ether oxygens (including phenoxy) is 2. The molecule has 0 saturated carbocycles. The Bertz CT molecular complexity index is 1110. The molecule has 0 fully saturated rings. The lowest BCUT2D eigenvalue weighted by Crippen LogP contribution is -2.34. The fourth-order valence-electron chi connectivity index (χ4n) is 3.62. The van der Waals surface area contributed by atoms with Gasteiger partial charge in [0.1, 0.15) is 11.7 Å². The Morgan fingerprint density at radius 1 is 1.22 bits per heavy atom. The first kappa shape index (κ1) is 22.0. The molecule has 0 saturated heterocycles. The highest BCUT2D eigenvalue weighted by Crippen LogP contribution is 2.40. The minimum absolute atomic E-state index is 0.262. The Labute approximate surface area is 189 Å². The van der Waals surface area contributed by atoms with Crippen LogP contribution in [0.5, 0.6) is 11.5 Å². The van der Waals surface area contributed by atoms with Crippen LogP contribution >= 0.6 is 11.6 Å². The van der Waals surface area contributed by atoms with Crippen LogP contribution in [-0.4, -0.2) is 41.9 Å². The van der Waals surface area contributed by atoms with Gasteiger partial charge in [0.25, 0.3) is 0 Å². The molecule has 0 aromatic heterocycles. The molecule has 0 atom stereocenters. The maximum absolute atomic E-state index is 14.3. The number of nitrogens with zero attached hydrogens (tertiary/aromatic N) is 3. The number of fused-ring (bicyclic) bond motifs is 4. The van der Waals surface area contributed by atoms with Gasteiger partial charge in [-0.15, -0.1) is 0 Å². The normalized spacial score (nSPS) is 13.6. The van der Waals surface area contributed by atoms with E-state index in [0.717, 1.165) is 18.4 Å². The second-order valence-electron chi connectivity index (χ2n) is 7.41. The Morgan fingerprint density at radius 2 is 2.06 bits per heavy atom. The van der Waals surface area contributed by atoms with Gasteiger partial charge in [0.15, 0.2) is 11.5 Å². The zero-order valence-corrected chi connectivity index (χ0v) is 18.2. The van der Waals surface area contributed by atoms with Crippen LogP contribution in [0.15, 0.2) is 34.3 Å². The molecule has 32 heavy (non-hydrogen) atoms. The lowest BCUT2D eigenvalue weighted by atomic mass is 10.0. The molecule has 168 valence electrons. The largest absolute Gasteiger partial charge is 0.493 e. The highest BCUT2D eigenvalue weighted by molar-refractivity contribution is 6.31. The Hall–Kier alpha value is -3.17. The van der Waals surface area contributed by atoms with Crippen molar-refractivity contribution in [2.24, 2.45) is 9.98 Å². The van der Waals surface area contributed by atoms with Crippen LogP contribution in [0, 0.1) is 5.82 Å². The summed E-state index contributed by atoms with van der Waals surface area (Å²) in [6.45, 7) is 0.725. The summed E-state index contributed by atoms with van der Waals surface area (Å²) < 4.78 is 25.7. The van der Waals surface area contributed by atoms with E-state index in [-0.39, 0.29) is 6.42 Å². The first-order chi connectivity index (χ1) is 15.5. The van der Waals surface area contributed by atoms with Crippen molar-refractivity contribution in [3.8, 4) is 11.5 Å². The highest BCUT2D eigenvalue weighted by atomic mass is 35.5. The molecule has 2 aliphatic rings. The quantitative estimate of drug-likeness (QED) is 0.343. The number of unbranched alkanes of at least 4 members (excludes halogenated alkanes) is 2. The monoisotopic (exact) mass is 460 g/mol. The van der Waals surface area contributed by atoms with Crippen molar-refractivity contribution in [3.63, 3.8) is 0 Å². The molecule has 4 rings (SSSR count). The number of carbonyl (C=O) groups excluding carboxylic acids is 1. The number of rotatable bonds is 8. The standard InChI is InChI=1S/C22H22ClFN4O4/c1-31-19-10-17-14(9-20(19)32-6-4-2-3-5-21(29)27-30)22-26-18-8-13(23)7-16(24)15(18)11-28(22)12-25-17/h7-10,12,30H,2-6,11H2,1H3,(H,27,29). The number of hydroxylamine groups is 1. The van der Waals surface area contributed by atoms with Crippen molar-refractivity contribution >= 4 is 41.1 Å². The molecule has 0 bridgehead atoms. The molecular formula is C22H22ClFN4O4. The fourth-order valence-corrected chi connectivity index (χ4v) is 3.82. The van der Waals surface area contributed by atoms with Crippen molar-refractivity contribution in [3.05, 3.63) is 46.2 Å². The van der Waals surface area contributed by atoms with E-state index < -0.39 is 11.7 Å². The van der Waals surface area contributed by atoms with Crippen molar-refractivity contribution in [1.29, 1.82) is 0 Å². The van der Waals surface area contributed by atoms with Crippen molar-refractivity contribution < 1.29 is 23.9 Å². The molecular weight excluding hydrogens is 439 g/mol. The molecule has 2 aliphatic heterocycles. The molecule has 10 heteroatoms. The third kappa shape index (κ3) is 4.53. The van der Waals surface area contributed by atoms with Gasteiger partial charge in [-0.05, 0) is 37.5 Å². The summed E-state index contributed by atoms with van der Waals surface area (Å²) in [6, 6.07) is 6.53. The van der Waals surface area contributed by atoms with Crippen LogP contribution in [0.2, 0.25) is 5.02 Å². The molecule has 2 N–H and O–H groups in total. The predicted molar refractivity (Wildman–Crippen MR) is 118 cm³/mol. The summed E-state index contributed by atoms with van der Waals surface area (Å²) in [4.78, 5) is 21.9. The molecule has 2 heterocycles. The minimum Gasteiger partial charge on any atom is -0.493 e. The first-order valence-corrected chi connectivity index (χ1v) is 10.5. The predicted octanol–water partition coefficient (Wildman–Crippen LogP) is 4.50. The number of aliphatic imine (C=N–C) groups is 2. The third-order valence-electron chi connectivity index (χ3n) is 5.25. The molecule has 0 aliphatic carbocycles. The number of amidine groups is 1. The zero-order valence-electron chi connectivity index (χ0n) is 17.4. The number of benzene rings is 2. The number of methoxy groups -OCH3 is 1. The van der Waals surface area contributed by atoms with Gasteiger partial charge in [-0.2, -0.15) is 0 Å². The van der Waals surface area contributed by atoms with Crippen LogP contribution in [0.4, 0.5) is 15.8 Å². The Kier molecular flexibility index (Phi) is 6.57. The van der Waals surface area contributed by atoms with Crippen molar-refractivity contribution in [1.82, 2.24) is 10.4 Å². The number of amides is 1. The summed E-state index contributed by atoms with van der Waals surface area (Å²) in [5.74, 6) is 0.918. The van der Waals surface area contributed by atoms with Gasteiger partial charge < -0.3 is 14.4 Å². The molecule has 2 aromatic carbocycles. The number of nitrogens with one attached hydrogen (secondary N) is 1. The summed E-state index contributed by atoms with van der Waals surface area (Å²) in [5.41, 5.74) is 3.99. The minimum atomic E-state index is -0.400. The van der Waals surface area contributed by atoms with Gasteiger partial charge in [-0.1, -0.05) is 11.6 Å². The first-order valence-electron chi connectivity index (χ1n) is 10.2. The smallest absolute Gasteiger partial charge is 0.243 e. The van der Waals surface area contributed by atoms with Gasteiger partial charge in [-0.3, -0.25) is 10.0 Å². The van der Waals surface area contributed by atoms with E-state index in [9.17, 15) is 9.18 Å². The lowest BCUT2D eigenvalue weighted by molar-refractivity contribution is -0.129. The molecule has 8 nitrogen and oxygen atoms in total. The van der Waals surface area contributed by atoms with Gasteiger partial charge in [-0.25, -0.2) is 19.9 Å². The van der Waals surface area contributed by atoms with E-state index in [1.54, 1.807) is 36.0 Å². The van der Waals surface area contributed by atoms with E-state index in [1.807, 2.05) is 6.07 Å². The summed E-state index contributed by atoms with van der Waals surface area (Å²) >= 11 is 6.02. The van der Waals surface area contributed by atoms with Crippen LogP contribution in [0.1, 0.15) is 36.8 Å². The number of halogens is 2. The summed E-state index contributed by atoms with van der Waals surface area (Å²) in [5, 5.41) is 8.81. The van der Waals surface area contributed by atoms with Gasteiger partial charge in [0.2, 0.25) is 5.91 Å². The van der Waals surface area contributed by atoms with Crippen LogP contribution in [0.25, 0.3) is 0 Å². The van der Waals surface area contributed by atoms with E-state index in [4.69, 9.17) is 26.3 Å². The van der Waals surface area contributed by atoms with Crippen LogP contribution in [0.3, 0.4) is 0 Å². The second kappa shape index (κ2) is 9.54. The maximum atomic E-state index is 14.3. The number of hydrogen-bond acceptors (Lipinski definition) is 7. The summed E-state index contributed by atoms with van der Waals surface area (Å²) in [7, 11) is 1.56. The van der Waals surface area contributed by atoms with E-state index >= 15 is 0 Å². The second-order valence-corrected chi connectivity index (χ2v) is 7.84. The average molecular weight is 461 g/mol. The fraction of sp³-hybridized carbons (Fsp3) is 0.318. The van der Waals surface area contributed by atoms with Gasteiger partial charge in [0, 0.05) is 28.6 Å². The SMILES string of the molecule is COc1cc2c(cc1OCCCCCC(=O)NO)C1=Nc3cc(Cl)cc(F)c3CN1C=N2. The third-order valence-corrected chi connectivity index (χ3v) is 5.47. The molecule has 0 spiro atoms. The topological polar surface area (TPSA) is 95.8 Å². The Morgan fingerprint density at radius 3 is 2.84 bits per heavy atom. The average Bonchev–Trinajstić information content (AvgIpc) is 2.79. The molecule has 0 radical (unpaired) electrons. The van der Waals surface area contributed by atoms with E-state index in [2.05, 4.69) is 9.98 Å². The Balaban J connectivity index is 1.54. The van der Waals surface area contributed by atoms with E-state index in [1.165, 1.54) is 6.07 Å². The molecule has 1 amide bonds. The number of hydrogen-bond donors (Lipinski definition) is 2. The maximum Gasteiger partial charge on any atom is 0.243 e. The van der Waals surface area contributed by atoms with Crippen LogP contribution < -0.4 is 15.0 Å². The van der Waals surface area contributed by atoms with E-state index in [0.29, 0.717) is 58.9 Å². The zero-order chi connectivity index (χ0) is 22.7. The van der Waals surface area contributed by atoms with Crippen LogP contribution in [-0.2, 0) is 11.3 Å². The van der Waals surface area contributed by atoms with Gasteiger partial charge >= 0.3 is 0 Å². The highest BCUT2D eigenvalue weighted by Gasteiger charge is 2.28.